The minimum Gasteiger partial charge on any atom is -0.504 e. The van der Waals surface area contributed by atoms with Crippen LogP contribution in [0.2, 0.25) is 0 Å². The monoisotopic (exact) mass is 224 g/mol. The molecule has 0 spiro atoms. The topological polar surface area (TPSA) is 72.8 Å². The Morgan fingerprint density at radius 2 is 2.12 bits per heavy atom. The molecule has 0 amide bonds. The van der Waals surface area contributed by atoms with Gasteiger partial charge < -0.3 is 19.4 Å². The van der Waals surface area contributed by atoms with E-state index in [-0.39, 0.29) is 23.5 Å². The molecule has 0 heterocycles. The zero-order valence-electron chi connectivity index (χ0n) is 9.02. The molecule has 5 nitrogen and oxygen atoms in total. The number of benzene rings is 1. The molecule has 0 unspecified atom stereocenters. The van der Waals surface area contributed by atoms with Crippen LogP contribution in [0.5, 0.6) is 11.5 Å². The largest absolute Gasteiger partial charge is 0.504 e. The molecule has 0 aromatic heterocycles. The van der Waals surface area contributed by atoms with Crippen molar-refractivity contribution in [3.8, 4) is 11.5 Å². The van der Waals surface area contributed by atoms with Crippen molar-refractivity contribution in [1.29, 1.82) is 0 Å². The van der Waals surface area contributed by atoms with Crippen molar-refractivity contribution in [2.24, 2.45) is 0 Å². The van der Waals surface area contributed by atoms with Gasteiger partial charge in [0.15, 0.2) is 11.5 Å². The molecule has 0 radical (unpaired) electrons. The Morgan fingerprint density at radius 3 is 2.62 bits per heavy atom. The zero-order chi connectivity index (χ0) is 12.1. The van der Waals surface area contributed by atoms with Crippen molar-refractivity contribution in [3.05, 3.63) is 23.3 Å². The first-order valence-electron chi connectivity index (χ1n) is 4.55. The highest BCUT2D eigenvalue weighted by molar-refractivity contribution is 5.92. The van der Waals surface area contributed by atoms with Gasteiger partial charge in [0.2, 0.25) is 0 Å². The van der Waals surface area contributed by atoms with Crippen molar-refractivity contribution >= 4 is 12.3 Å². The summed E-state index contributed by atoms with van der Waals surface area (Å²) in [7, 11) is 2.62. The standard InChI is InChI=1S/C11H12O5/c1-15-10-5-7(3-4-12)8(6-9(10)13)11(14)16-2/h4-6,13H,3H2,1-2H3. The Balaban J connectivity index is 3.29. The number of phenols is 1. The lowest BCUT2D eigenvalue weighted by molar-refractivity contribution is -0.107. The number of rotatable bonds is 4. The van der Waals surface area contributed by atoms with Gasteiger partial charge in [0.1, 0.15) is 6.29 Å². The molecule has 1 rings (SSSR count). The van der Waals surface area contributed by atoms with E-state index in [1.54, 1.807) is 0 Å². The van der Waals surface area contributed by atoms with Crippen LogP contribution in [-0.4, -0.2) is 31.6 Å². The van der Waals surface area contributed by atoms with Crippen molar-refractivity contribution in [1.82, 2.24) is 0 Å². The Bertz CT molecular complexity index is 411. The van der Waals surface area contributed by atoms with Gasteiger partial charge in [-0.25, -0.2) is 4.79 Å². The van der Waals surface area contributed by atoms with E-state index in [4.69, 9.17) is 4.74 Å². The predicted molar refractivity (Wildman–Crippen MR) is 55.8 cm³/mol. The van der Waals surface area contributed by atoms with E-state index in [1.165, 1.54) is 26.4 Å². The minimum atomic E-state index is -0.602. The number of ether oxygens (including phenoxy) is 2. The summed E-state index contributed by atoms with van der Waals surface area (Å²) in [6, 6.07) is 2.67. The van der Waals surface area contributed by atoms with Crippen LogP contribution in [0.3, 0.4) is 0 Å². The van der Waals surface area contributed by atoms with Crippen LogP contribution < -0.4 is 4.74 Å². The average molecular weight is 224 g/mol. The van der Waals surface area contributed by atoms with Gasteiger partial charge in [-0.3, -0.25) is 0 Å². The zero-order valence-corrected chi connectivity index (χ0v) is 9.02. The molecule has 0 bridgehead atoms. The van der Waals surface area contributed by atoms with E-state index in [9.17, 15) is 14.7 Å². The summed E-state index contributed by atoms with van der Waals surface area (Å²) < 4.78 is 9.43. The molecular formula is C11H12O5. The van der Waals surface area contributed by atoms with Crippen LogP contribution in [0.1, 0.15) is 15.9 Å². The number of methoxy groups -OCH3 is 2. The highest BCUT2D eigenvalue weighted by Gasteiger charge is 2.15. The van der Waals surface area contributed by atoms with Gasteiger partial charge in [-0.2, -0.15) is 0 Å². The van der Waals surface area contributed by atoms with Crippen LogP contribution in [0.25, 0.3) is 0 Å². The van der Waals surface area contributed by atoms with E-state index < -0.39 is 5.97 Å². The van der Waals surface area contributed by atoms with Gasteiger partial charge in [-0.15, -0.1) is 0 Å². The SMILES string of the molecule is COC(=O)c1cc(O)c(OC)cc1CC=O. The molecule has 1 aromatic carbocycles. The molecule has 86 valence electrons. The maximum atomic E-state index is 11.4. The molecular weight excluding hydrogens is 212 g/mol. The summed E-state index contributed by atoms with van der Waals surface area (Å²) >= 11 is 0. The van der Waals surface area contributed by atoms with E-state index in [0.29, 0.717) is 11.8 Å². The number of carbonyl (C=O) groups is 2. The van der Waals surface area contributed by atoms with E-state index in [1.807, 2.05) is 0 Å². The Hall–Kier alpha value is -2.04. The van der Waals surface area contributed by atoms with Crippen molar-refractivity contribution < 1.29 is 24.2 Å². The van der Waals surface area contributed by atoms with Gasteiger partial charge in [0.05, 0.1) is 19.8 Å². The first kappa shape index (κ1) is 12.0. The van der Waals surface area contributed by atoms with E-state index >= 15 is 0 Å². The molecule has 0 aliphatic carbocycles. The molecule has 0 saturated heterocycles. The highest BCUT2D eigenvalue weighted by atomic mass is 16.5. The summed E-state index contributed by atoms with van der Waals surface area (Å²) in [5, 5.41) is 9.51. The molecule has 0 atom stereocenters. The normalized spacial score (nSPS) is 9.62. The molecule has 1 aromatic rings. The number of aldehydes is 1. The summed E-state index contributed by atoms with van der Waals surface area (Å²) in [6.07, 6.45) is 0.722. The van der Waals surface area contributed by atoms with Crippen LogP contribution in [0.15, 0.2) is 12.1 Å². The molecule has 5 heteroatoms. The van der Waals surface area contributed by atoms with E-state index in [0.717, 1.165) is 0 Å². The van der Waals surface area contributed by atoms with Crippen molar-refractivity contribution in [2.45, 2.75) is 6.42 Å². The third kappa shape index (κ3) is 2.31. The number of hydrogen-bond acceptors (Lipinski definition) is 5. The summed E-state index contributed by atoms with van der Waals surface area (Å²) in [4.78, 5) is 21.8. The lowest BCUT2D eigenvalue weighted by atomic mass is 10.0. The van der Waals surface area contributed by atoms with E-state index in [2.05, 4.69) is 4.74 Å². The molecule has 0 aliphatic heterocycles. The van der Waals surface area contributed by atoms with Crippen LogP contribution in [0, 0.1) is 0 Å². The number of phenolic OH excluding ortho intramolecular Hbond substituents is 1. The fourth-order valence-electron chi connectivity index (χ4n) is 1.33. The summed E-state index contributed by atoms with van der Waals surface area (Å²) in [5.74, 6) is -0.558. The number of aromatic hydroxyl groups is 1. The molecule has 1 N–H and O–H groups in total. The van der Waals surface area contributed by atoms with Gasteiger partial charge in [-0.05, 0) is 17.7 Å². The first-order chi connectivity index (χ1) is 7.63. The highest BCUT2D eigenvalue weighted by Crippen LogP contribution is 2.29. The quantitative estimate of drug-likeness (QED) is 0.608. The Kier molecular flexibility index (Phi) is 3.88. The molecule has 0 fully saturated rings. The van der Waals surface area contributed by atoms with Gasteiger partial charge >= 0.3 is 5.97 Å². The fourth-order valence-corrected chi connectivity index (χ4v) is 1.33. The van der Waals surface area contributed by atoms with Crippen LogP contribution in [0.4, 0.5) is 0 Å². The smallest absolute Gasteiger partial charge is 0.338 e. The number of hydrogen-bond donors (Lipinski definition) is 1. The van der Waals surface area contributed by atoms with Gasteiger partial charge in [0.25, 0.3) is 0 Å². The third-order valence-corrected chi connectivity index (χ3v) is 2.11. The number of esters is 1. The minimum absolute atomic E-state index is 0.0566. The summed E-state index contributed by atoms with van der Waals surface area (Å²) in [5.41, 5.74) is 0.615. The third-order valence-electron chi connectivity index (χ3n) is 2.11. The number of carbonyl (C=O) groups excluding carboxylic acids is 2. The van der Waals surface area contributed by atoms with Gasteiger partial charge in [-0.1, -0.05) is 0 Å². The average Bonchev–Trinajstić information content (AvgIpc) is 2.30. The summed E-state index contributed by atoms with van der Waals surface area (Å²) in [6.45, 7) is 0. The van der Waals surface area contributed by atoms with Crippen LogP contribution in [-0.2, 0) is 16.0 Å². The Labute approximate surface area is 92.6 Å². The predicted octanol–water partition coefficient (Wildman–Crippen LogP) is 0.929. The first-order valence-corrected chi connectivity index (χ1v) is 4.55. The molecule has 16 heavy (non-hydrogen) atoms. The van der Waals surface area contributed by atoms with Crippen LogP contribution >= 0.6 is 0 Å². The second-order valence-electron chi connectivity index (χ2n) is 3.04. The maximum Gasteiger partial charge on any atom is 0.338 e. The second kappa shape index (κ2) is 5.16. The van der Waals surface area contributed by atoms with Crippen molar-refractivity contribution in [3.63, 3.8) is 0 Å². The second-order valence-corrected chi connectivity index (χ2v) is 3.04. The lowest BCUT2D eigenvalue weighted by Crippen LogP contribution is -2.06. The fraction of sp³-hybridized carbons (Fsp3) is 0.273. The van der Waals surface area contributed by atoms with Crippen molar-refractivity contribution in [2.75, 3.05) is 14.2 Å². The molecule has 0 saturated carbocycles. The maximum absolute atomic E-state index is 11.4. The van der Waals surface area contributed by atoms with Gasteiger partial charge in [0, 0.05) is 6.42 Å². The Morgan fingerprint density at radius 1 is 1.44 bits per heavy atom. The molecule has 0 aliphatic rings. The lowest BCUT2D eigenvalue weighted by Gasteiger charge is -2.09.